The Kier molecular flexibility index (Phi) is 8.29. The molecule has 35 heavy (non-hydrogen) atoms. The number of anilines is 2. The first-order valence-corrected chi connectivity index (χ1v) is 11.8. The van der Waals surface area contributed by atoms with E-state index in [-0.39, 0.29) is 28.0 Å². The molecule has 0 aromatic heterocycles. The lowest BCUT2D eigenvalue weighted by Gasteiger charge is -2.16. The number of amides is 2. The van der Waals surface area contributed by atoms with Gasteiger partial charge < -0.3 is 24.8 Å². The van der Waals surface area contributed by atoms with Crippen LogP contribution in [-0.4, -0.2) is 48.1 Å². The van der Waals surface area contributed by atoms with E-state index in [0.717, 1.165) is 0 Å². The standard InChI is InChI=1S/C24H25N3O7S/c1-32-17-9-11-18(12-10-17)35(30,31)25-15-23(28)26-19-13-22(34-3)20(14-21(19)33-2)27-24(29)16-7-5-4-6-8-16/h4-14,25H,15H2,1-3H3,(H,26,28)(H,27,29). The molecule has 0 unspecified atom stereocenters. The second kappa shape index (κ2) is 11.4. The van der Waals surface area contributed by atoms with Gasteiger partial charge in [0, 0.05) is 17.7 Å². The van der Waals surface area contributed by atoms with Crippen molar-refractivity contribution in [3.63, 3.8) is 0 Å². The van der Waals surface area contributed by atoms with E-state index in [1.165, 1.54) is 57.7 Å². The van der Waals surface area contributed by atoms with Crippen LogP contribution in [0.2, 0.25) is 0 Å². The molecular weight excluding hydrogens is 474 g/mol. The highest BCUT2D eigenvalue weighted by molar-refractivity contribution is 7.89. The molecule has 0 heterocycles. The SMILES string of the molecule is COc1ccc(S(=O)(=O)NCC(=O)Nc2cc(OC)c(NC(=O)c3ccccc3)cc2OC)cc1. The van der Waals surface area contributed by atoms with Crippen molar-refractivity contribution in [2.24, 2.45) is 0 Å². The Morgan fingerprint density at radius 3 is 1.89 bits per heavy atom. The fraction of sp³-hybridized carbons (Fsp3) is 0.167. The van der Waals surface area contributed by atoms with Crippen LogP contribution in [0.1, 0.15) is 10.4 Å². The normalized spacial score (nSPS) is 10.8. The molecule has 0 radical (unpaired) electrons. The van der Waals surface area contributed by atoms with Gasteiger partial charge in [-0.15, -0.1) is 0 Å². The zero-order valence-electron chi connectivity index (χ0n) is 19.3. The molecule has 0 saturated heterocycles. The van der Waals surface area contributed by atoms with E-state index < -0.39 is 22.5 Å². The molecule has 3 N–H and O–H groups in total. The van der Waals surface area contributed by atoms with Crippen LogP contribution in [0, 0.1) is 0 Å². The van der Waals surface area contributed by atoms with Crippen molar-refractivity contribution in [2.75, 3.05) is 38.5 Å². The molecule has 184 valence electrons. The molecule has 0 aliphatic heterocycles. The molecule has 3 aromatic rings. The van der Waals surface area contributed by atoms with Crippen molar-refractivity contribution in [3.8, 4) is 17.2 Å². The fourth-order valence-corrected chi connectivity index (χ4v) is 4.05. The Balaban J connectivity index is 1.71. The molecule has 0 bridgehead atoms. The van der Waals surface area contributed by atoms with Gasteiger partial charge in [-0.1, -0.05) is 18.2 Å². The third-order valence-corrected chi connectivity index (χ3v) is 6.29. The minimum absolute atomic E-state index is 0.0103. The van der Waals surface area contributed by atoms with Gasteiger partial charge in [-0.2, -0.15) is 0 Å². The maximum absolute atomic E-state index is 12.5. The first-order valence-electron chi connectivity index (χ1n) is 10.3. The highest BCUT2D eigenvalue weighted by Crippen LogP contribution is 2.36. The van der Waals surface area contributed by atoms with E-state index in [9.17, 15) is 18.0 Å². The summed E-state index contributed by atoms with van der Waals surface area (Å²) in [5.74, 6) is 0.0232. The number of carbonyl (C=O) groups is 2. The number of rotatable bonds is 10. The second-order valence-electron chi connectivity index (χ2n) is 7.12. The molecule has 11 heteroatoms. The lowest BCUT2D eigenvalue weighted by molar-refractivity contribution is -0.115. The second-order valence-corrected chi connectivity index (χ2v) is 8.89. The Bertz CT molecular complexity index is 1290. The number of nitrogens with one attached hydrogen (secondary N) is 3. The molecule has 10 nitrogen and oxygen atoms in total. The minimum atomic E-state index is -3.92. The molecule has 0 saturated carbocycles. The average Bonchev–Trinajstić information content (AvgIpc) is 2.88. The predicted octanol–water partition coefficient (Wildman–Crippen LogP) is 2.88. The molecule has 0 aliphatic carbocycles. The summed E-state index contributed by atoms with van der Waals surface area (Å²) < 4.78 is 42.9. The van der Waals surface area contributed by atoms with Gasteiger partial charge in [-0.3, -0.25) is 9.59 Å². The third kappa shape index (κ3) is 6.49. The summed E-state index contributed by atoms with van der Waals surface area (Å²) in [6, 6.07) is 17.3. The summed E-state index contributed by atoms with van der Waals surface area (Å²) in [4.78, 5) is 25.0. The van der Waals surface area contributed by atoms with Crippen molar-refractivity contribution in [2.45, 2.75) is 4.90 Å². The Labute approximate surface area is 203 Å². The maximum atomic E-state index is 12.5. The first-order chi connectivity index (χ1) is 16.8. The van der Waals surface area contributed by atoms with Crippen LogP contribution in [0.5, 0.6) is 17.2 Å². The monoisotopic (exact) mass is 499 g/mol. The van der Waals surface area contributed by atoms with Crippen LogP contribution in [0.25, 0.3) is 0 Å². The Morgan fingerprint density at radius 1 is 0.771 bits per heavy atom. The molecule has 3 aromatic carbocycles. The molecule has 0 aliphatic rings. The van der Waals surface area contributed by atoms with Crippen LogP contribution >= 0.6 is 0 Å². The van der Waals surface area contributed by atoms with E-state index in [1.807, 2.05) is 0 Å². The van der Waals surface area contributed by atoms with E-state index in [1.54, 1.807) is 30.3 Å². The van der Waals surface area contributed by atoms with Crippen molar-refractivity contribution < 1.29 is 32.2 Å². The van der Waals surface area contributed by atoms with Crippen molar-refractivity contribution in [3.05, 3.63) is 72.3 Å². The molecule has 0 fully saturated rings. The molecule has 0 atom stereocenters. The average molecular weight is 500 g/mol. The molecule has 0 spiro atoms. The molecular formula is C24H25N3O7S. The van der Waals surface area contributed by atoms with Gasteiger partial charge in [0.15, 0.2) is 0 Å². The smallest absolute Gasteiger partial charge is 0.255 e. The quantitative estimate of drug-likeness (QED) is 0.391. The molecule has 3 rings (SSSR count). The Morgan fingerprint density at radius 2 is 1.34 bits per heavy atom. The van der Waals surface area contributed by atoms with Gasteiger partial charge in [0.2, 0.25) is 15.9 Å². The van der Waals surface area contributed by atoms with Gasteiger partial charge in [0.1, 0.15) is 17.2 Å². The van der Waals surface area contributed by atoms with Crippen molar-refractivity contribution in [1.29, 1.82) is 0 Å². The van der Waals surface area contributed by atoms with E-state index in [0.29, 0.717) is 17.0 Å². The maximum Gasteiger partial charge on any atom is 0.255 e. The summed E-state index contributed by atoms with van der Waals surface area (Å²) >= 11 is 0. The van der Waals surface area contributed by atoms with Crippen LogP contribution in [0.4, 0.5) is 11.4 Å². The number of ether oxygens (including phenoxy) is 3. The summed E-state index contributed by atoms with van der Waals surface area (Å²) in [6.45, 7) is -0.522. The number of hydrogen-bond donors (Lipinski definition) is 3. The minimum Gasteiger partial charge on any atom is -0.497 e. The Hall–Kier alpha value is -4.09. The fourth-order valence-electron chi connectivity index (χ4n) is 3.07. The van der Waals surface area contributed by atoms with Gasteiger partial charge in [-0.05, 0) is 36.4 Å². The van der Waals surface area contributed by atoms with Crippen LogP contribution in [0.3, 0.4) is 0 Å². The number of methoxy groups -OCH3 is 3. The predicted molar refractivity (Wildman–Crippen MR) is 131 cm³/mol. The summed E-state index contributed by atoms with van der Waals surface area (Å²) in [5.41, 5.74) is 1.02. The largest absolute Gasteiger partial charge is 0.497 e. The van der Waals surface area contributed by atoms with E-state index in [4.69, 9.17) is 14.2 Å². The zero-order valence-corrected chi connectivity index (χ0v) is 20.1. The summed E-state index contributed by atoms with van der Waals surface area (Å²) in [6.07, 6.45) is 0. The topological polar surface area (TPSA) is 132 Å². The van der Waals surface area contributed by atoms with Gasteiger partial charge >= 0.3 is 0 Å². The van der Waals surface area contributed by atoms with Gasteiger partial charge in [0.25, 0.3) is 5.91 Å². The van der Waals surface area contributed by atoms with E-state index >= 15 is 0 Å². The highest BCUT2D eigenvalue weighted by atomic mass is 32.2. The zero-order chi connectivity index (χ0) is 25.4. The lowest BCUT2D eigenvalue weighted by atomic mass is 10.2. The van der Waals surface area contributed by atoms with E-state index in [2.05, 4.69) is 15.4 Å². The summed E-state index contributed by atoms with van der Waals surface area (Å²) in [5, 5.41) is 5.33. The molecule has 2 amide bonds. The lowest BCUT2D eigenvalue weighted by Crippen LogP contribution is -2.33. The third-order valence-electron chi connectivity index (χ3n) is 4.87. The number of hydrogen-bond acceptors (Lipinski definition) is 7. The van der Waals surface area contributed by atoms with Crippen LogP contribution in [0.15, 0.2) is 71.6 Å². The summed E-state index contributed by atoms with van der Waals surface area (Å²) in [7, 11) is 0.361. The van der Waals surface area contributed by atoms with Crippen LogP contribution in [-0.2, 0) is 14.8 Å². The van der Waals surface area contributed by atoms with Crippen molar-refractivity contribution >= 4 is 33.2 Å². The van der Waals surface area contributed by atoms with Crippen molar-refractivity contribution in [1.82, 2.24) is 4.72 Å². The first kappa shape index (κ1) is 25.5. The number of sulfonamides is 1. The number of carbonyl (C=O) groups excluding carboxylic acids is 2. The van der Waals surface area contributed by atoms with Crippen LogP contribution < -0.4 is 29.6 Å². The highest BCUT2D eigenvalue weighted by Gasteiger charge is 2.19. The number of benzene rings is 3. The van der Waals surface area contributed by atoms with Gasteiger partial charge in [0.05, 0.1) is 44.1 Å². The van der Waals surface area contributed by atoms with Gasteiger partial charge in [-0.25, -0.2) is 13.1 Å².